The molecule has 1 nitrogen and oxygen atoms in total. The van der Waals surface area contributed by atoms with E-state index in [2.05, 4.69) is 0 Å². The number of ketones is 1. The van der Waals surface area contributed by atoms with Gasteiger partial charge in [0, 0.05) is 0 Å². The van der Waals surface area contributed by atoms with Crippen LogP contribution in [0.25, 0.3) is 0 Å². The number of carbonyl (C=O) groups is 1. The molecule has 0 amide bonds. The Morgan fingerprint density at radius 3 is 2.90 bits per heavy atom. The van der Waals surface area contributed by atoms with Gasteiger partial charge in [0.25, 0.3) is 0 Å². The van der Waals surface area contributed by atoms with E-state index in [1.807, 2.05) is 13.0 Å². The van der Waals surface area contributed by atoms with Crippen molar-refractivity contribution < 1.29 is 4.79 Å². The van der Waals surface area contributed by atoms with Gasteiger partial charge < -0.3 is 0 Å². The second-order valence-corrected chi connectivity index (χ2v) is 3.06. The Bertz CT molecular complexity index is 172. The van der Waals surface area contributed by atoms with Gasteiger partial charge in [0.15, 0.2) is 5.78 Å². The van der Waals surface area contributed by atoms with E-state index in [0.717, 1.165) is 24.8 Å². The number of rotatable bonds is 0. The Morgan fingerprint density at radius 2 is 2.40 bits per heavy atom. The lowest BCUT2D eigenvalue weighted by Crippen LogP contribution is -2.21. The summed E-state index contributed by atoms with van der Waals surface area (Å²) in [7, 11) is 0. The summed E-state index contributed by atoms with van der Waals surface area (Å²) < 4.78 is 0. The summed E-state index contributed by atoms with van der Waals surface area (Å²) in [5.41, 5.74) is 0.909. The fraction of sp³-hybridized carbons (Fsp3) is 0.625. The average Bonchev–Trinajstić information content (AvgIpc) is 1.95. The number of hydrogen-bond acceptors (Lipinski definition) is 1. The van der Waals surface area contributed by atoms with Gasteiger partial charge in [-0.1, -0.05) is 6.08 Å². The van der Waals surface area contributed by atoms with Crippen LogP contribution in [0.4, 0.5) is 0 Å². The molecule has 0 bridgehead atoms. The van der Waals surface area contributed by atoms with Crippen molar-refractivity contribution >= 4 is 17.4 Å². The van der Waals surface area contributed by atoms with Crippen LogP contribution >= 0.6 is 11.6 Å². The highest BCUT2D eigenvalue weighted by molar-refractivity contribution is 6.34. The second-order valence-electron chi connectivity index (χ2n) is 2.54. The fourth-order valence-corrected chi connectivity index (χ4v) is 1.51. The summed E-state index contributed by atoms with van der Waals surface area (Å²) in [5.74, 6) is 0.135. The van der Waals surface area contributed by atoms with Gasteiger partial charge >= 0.3 is 0 Å². The van der Waals surface area contributed by atoms with Gasteiger partial charge in [0.05, 0.1) is 5.38 Å². The molecule has 0 heterocycles. The van der Waals surface area contributed by atoms with Crippen molar-refractivity contribution in [3.05, 3.63) is 11.6 Å². The predicted octanol–water partition coefficient (Wildman–Crippen LogP) is 2.29. The van der Waals surface area contributed by atoms with Gasteiger partial charge in [-0.25, -0.2) is 0 Å². The van der Waals surface area contributed by atoms with Crippen molar-refractivity contribution in [2.24, 2.45) is 0 Å². The summed E-state index contributed by atoms with van der Waals surface area (Å²) >= 11 is 5.75. The molecule has 1 aliphatic rings. The first-order valence-corrected chi connectivity index (χ1v) is 4.03. The van der Waals surface area contributed by atoms with Crippen molar-refractivity contribution in [1.82, 2.24) is 0 Å². The van der Waals surface area contributed by atoms with Gasteiger partial charge in [0.2, 0.25) is 0 Å². The SMILES string of the molecule is C/C=C1\CCCC(Cl)C1=O. The molecule has 0 aliphatic heterocycles. The summed E-state index contributed by atoms with van der Waals surface area (Å²) in [6.45, 7) is 1.89. The Labute approximate surface area is 66.1 Å². The van der Waals surface area contributed by atoms with E-state index in [1.54, 1.807) is 0 Å². The smallest absolute Gasteiger partial charge is 0.176 e. The lowest BCUT2D eigenvalue weighted by Gasteiger charge is -2.16. The first-order chi connectivity index (χ1) is 4.75. The van der Waals surface area contributed by atoms with Gasteiger partial charge in [-0.3, -0.25) is 4.79 Å². The Hall–Kier alpha value is -0.300. The number of allylic oxidation sites excluding steroid dienone is 2. The van der Waals surface area contributed by atoms with Crippen molar-refractivity contribution in [3.63, 3.8) is 0 Å². The number of halogens is 1. The van der Waals surface area contributed by atoms with Crippen LogP contribution in [-0.4, -0.2) is 11.2 Å². The number of hydrogen-bond donors (Lipinski definition) is 0. The van der Waals surface area contributed by atoms with Crippen LogP contribution in [-0.2, 0) is 4.79 Å². The zero-order chi connectivity index (χ0) is 7.56. The molecule has 10 heavy (non-hydrogen) atoms. The second kappa shape index (κ2) is 3.20. The molecule has 0 aromatic heterocycles. The average molecular weight is 159 g/mol. The first-order valence-electron chi connectivity index (χ1n) is 3.59. The molecule has 0 N–H and O–H groups in total. The minimum atomic E-state index is -0.250. The van der Waals surface area contributed by atoms with Crippen LogP contribution < -0.4 is 0 Å². The number of Topliss-reactive ketones (excluding diaryl/α,β-unsaturated/α-hetero) is 1. The van der Waals surface area contributed by atoms with Crippen molar-refractivity contribution in [2.75, 3.05) is 0 Å². The lowest BCUT2D eigenvalue weighted by atomic mass is 9.93. The lowest BCUT2D eigenvalue weighted by molar-refractivity contribution is -0.116. The molecule has 0 spiro atoms. The molecular weight excluding hydrogens is 148 g/mol. The molecule has 2 heteroatoms. The van der Waals surface area contributed by atoms with Crippen molar-refractivity contribution in [2.45, 2.75) is 31.6 Å². The molecule has 0 aromatic rings. The highest BCUT2D eigenvalue weighted by Crippen LogP contribution is 2.23. The summed E-state index contributed by atoms with van der Waals surface area (Å²) in [6, 6.07) is 0. The van der Waals surface area contributed by atoms with Crippen LogP contribution in [0.3, 0.4) is 0 Å². The van der Waals surface area contributed by atoms with Crippen LogP contribution in [0.2, 0.25) is 0 Å². The highest BCUT2D eigenvalue weighted by atomic mass is 35.5. The van der Waals surface area contributed by atoms with Crippen LogP contribution in [0.1, 0.15) is 26.2 Å². The molecular formula is C8H11ClO. The molecule has 0 radical (unpaired) electrons. The molecule has 0 aromatic carbocycles. The maximum atomic E-state index is 11.2. The summed E-state index contributed by atoms with van der Waals surface area (Å²) in [6.07, 6.45) is 4.69. The third-order valence-corrected chi connectivity index (χ3v) is 2.27. The number of alkyl halides is 1. The third kappa shape index (κ3) is 1.40. The Kier molecular flexibility index (Phi) is 2.50. The Balaban J connectivity index is 2.69. The van der Waals surface area contributed by atoms with Gasteiger partial charge in [-0.05, 0) is 31.8 Å². The quantitative estimate of drug-likeness (QED) is 0.391. The zero-order valence-corrected chi connectivity index (χ0v) is 6.82. The van der Waals surface area contributed by atoms with Crippen molar-refractivity contribution in [1.29, 1.82) is 0 Å². The van der Waals surface area contributed by atoms with E-state index in [9.17, 15) is 4.79 Å². The molecule has 1 atom stereocenters. The Morgan fingerprint density at radius 1 is 1.70 bits per heavy atom. The minimum absolute atomic E-state index is 0.135. The molecule has 1 aliphatic carbocycles. The predicted molar refractivity (Wildman–Crippen MR) is 42.3 cm³/mol. The standard InChI is InChI=1S/C8H11ClO/c1-2-6-4-3-5-7(9)8(6)10/h2,7H,3-5H2,1H3/b6-2+. The normalized spacial score (nSPS) is 31.2. The minimum Gasteiger partial charge on any atom is -0.293 e. The van der Waals surface area contributed by atoms with Gasteiger partial charge in [0.1, 0.15) is 0 Å². The van der Waals surface area contributed by atoms with E-state index in [4.69, 9.17) is 11.6 Å². The van der Waals surface area contributed by atoms with E-state index < -0.39 is 0 Å². The largest absolute Gasteiger partial charge is 0.293 e. The van der Waals surface area contributed by atoms with Crippen LogP contribution in [0, 0.1) is 0 Å². The van der Waals surface area contributed by atoms with Gasteiger partial charge in [-0.15, -0.1) is 11.6 Å². The monoisotopic (exact) mass is 158 g/mol. The maximum absolute atomic E-state index is 11.2. The fourth-order valence-electron chi connectivity index (χ4n) is 1.21. The van der Waals surface area contributed by atoms with E-state index >= 15 is 0 Å². The summed E-state index contributed by atoms with van der Waals surface area (Å²) in [4.78, 5) is 11.2. The molecule has 56 valence electrons. The molecule has 1 rings (SSSR count). The third-order valence-electron chi connectivity index (χ3n) is 1.85. The molecule has 1 fully saturated rings. The van der Waals surface area contributed by atoms with Crippen molar-refractivity contribution in [3.8, 4) is 0 Å². The zero-order valence-electron chi connectivity index (χ0n) is 6.06. The highest BCUT2D eigenvalue weighted by Gasteiger charge is 2.23. The summed E-state index contributed by atoms with van der Waals surface area (Å²) in [5, 5.41) is -0.250. The number of carbonyl (C=O) groups excluding carboxylic acids is 1. The molecule has 0 saturated heterocycles. The van der Waals surface area contributed by atoms with E-state index in [1.165, 1.54) is 0 Å². The topological polar surface area (TPSA) is 17.1 Å². The van der Waals surface area contributed by atoms with Gasteiger partial charge in [-0.2, -0.15) is 0 Å². The molecule has 1 unspecified atom stereocenters. The van der Waals surface area contributed by atoms with Crippen LogP contribution in [0.15, 0.2) is 11.6 Å². The molecule has 1 saturated carbocycles. The maximum Gasteiger partial charge on any atom is 0.176 e. The first kappa shape index (κ1) is 7.80. The van der Waals surface area contributed by atoms with E-state index in [-0.39, 0.29) is 11.2 Å². The van der Waals surface area contributed by atoms with Crippen LogP contribution in [0.5, 0.6) is 0 Å². The van der Waals surface area contributed by atoms with E-state index in [0.29, 0.717) is 0 Å².